The van der Waals surface area contributed by atoms with Crippen LogP contribution < -0.4 is 16.0 Å². The van der Waals surface area contributed by atoms with Crippen molar-refractivity contribution in [2.24, 2.45) is 29.6 Å². The van der Waals surface area contributed by atoms with Crippen molar-refractivity contribution in [3.63, 3.8) is 0 Å². The summed E-state index contributed by atoms with van der Waals surface area (Å²) < 4.78 is 0. The van der Waals surface area contributed by atoms with E-state index in [-0.39, 0.29) is 47.6 Å². The third-order valence-corrected chi connectivity index (χ3v) is 6.58. The van der Waals surface area contributed by atoms with E-state index in [9.17, 15) is 19.2 Å². The van der Waals surface area contributed by atoms with Crippen LogP contribution in [0.15, 0.2) is 0 Å². The van der Waals surface area contributed by atoms with E-state index in [1.807, 2.05) is 27.7 Å². The fourth-order valence-electron chi connectivity index (χ4n) is 4.44. The van der Waals surface area contributed by atoms with Crippen molar-refractivity contribution < 1.29 is 19.2 Å². The molecule has 210 valence electrons. The van der Waals surface area contributed by atoms with Gasteiger partial charge in [0.05, 0.1) is 6.04 Å². The zero-order valence-electron chi connectivity index (χ0n) is 24.5. The topological polar surface area (TPSA) is 104 Å². The summed E-state index contributed by atoms with van der Waals surface area (Å²) in [7, 11) is 0. The molecular formula is C29H55N3O4. The van der Waals surface area contributed by atoms with Gasteiger partial charge in [-0.05, 0) is 50.5 Å². The molecule has 1 unspecified atom stereocenters. The lowest BCUT2D eigenvalue weighted by atomic mass is 9.81. The van der Waals surface area contributed by atoms with Crippen molar-refractivity contribution in [2.75, 3.05) is 13.1 Å². The van der Waals surface area contributed by atoms with Gasteiger partial charge in [0, 0.05) is 43.7 Å². The van der Waals surface area contributed by atoms with Gasteiger partial charge in [0.25, 0.3) is 0 Å². The largest absolute Gasteiger partial charge is 0.356 e. The first-order chi connectivity index (χ1) is 16.8. The maximum Gasteiger partial charge on any atom is 0.224 e. The summed E-state index contributed by atoms with van der Waals surface area (Å²) >= 11 is 0. The van der Waals surface area contributed by atoms with Crippen molar-refractivity contribution in [2.45, 2.75) is 119 Å². The predicted octanol–water partition coefficient (Wildman–Crippen LogP) is 4.67. The number of ketones is 2. The molecule has 3 atom stereocenters. The SMILES string of the molecule is CC(=O)NCCC[C@H](NC(=O)[C@@H](CC(=O)C(CCCCNC(C)C)CC(C)C)C(C)C)C(=O)C(C)C. The molecule has 0 radical (unpaired) electrons. The highest BCUT2D eigenvalue weighted by Crippen LogP contribution is 2.25. The van der Waals surface area contributed by atoms with Crippen LogP contribution >= 0.6 is 0 Å². The van der Waals surface area contributed by atoms with E-state index in [1.54, 1.807) is 0 Å². The molecule has 0 aliphatic carbocycles. The van der Waals surface area contributed by atoms with Crippen LogP contribution in [0.1, 0.15) is 107 Å². The molecule has 0 aliphatic heterocycles. The minimum Gasteiger partial charge on any atom is -0.356 e. The van der Waals surface area contributed by atoms with E-state index in [1.165, 1.54) is 6.92 Å². The van der Waals surface area contributed by atoms with Gasteiger partial charge in [-0.15, -0.1) is 0 Å². The van der Waals surface area contributed by atoms with E-state index < -0.39 is 12.0 Å². The maximum atomic E-state index is 13.4. The molecule has 7 heteroatoms. The molecule has 0 aromatic carbocycles. The van der Waals surface area contributed by atoms with Gasteiger partial charge in [-0.2, -0.15) is 0 Å². The minimum atomic E-state index is -0.609. The van der Waals surface area contributed by atoms with Crippen LogP contribution in [0.4, 0.5) is 0 Å². The molecule has 0 saturated heterocycles. The third kappa shape index (κ3) is 15.4. The van der Waals surface area contributed by atoms with E-state index in [0.29, 0.717) is 31.3 Å². The number of unbranched alkanes of at least 4 members (excludes halogenated alkanes) is 1. The van der Waals surface area contributed by atoms with Crippen molar-refractivity contribution in [3.8, 4) is 0 Å². The van der Waals surface area contributed by atoms with Gasteiger partial charge in [0.2, 0.25) is 11.8 Å². The van der Waals surface area contributed by atoms with Crippen molar-refractivity contribution in [1.29, 1.82) is 0 Å². The molecule has 7 nitrogen and oxygen atoms in total. The summed E-state index contributed by atoms with van der Waals surface area (Å²) in [5.41, 5.74) is 0. The Morgan fingerprint density at radius 3 is 1.92 bits per heavy atom. The summed E-state index contributed by atoms with van der Waals surface area (Å²) in [5, 5.41) is 9.12. The van der Waals surface area contributed by atoms with Crippen LogP contribution in [0.25, 0.3) is 0 Å². The molecule has 3 N–H and O–H groups in total. The normalized spacial score (nSPS) is 14.2. The Morgan fingerprint density at radius 2 is 1.42 bits per heavy atom. The lowest BCUT2D eigenvalue weighted by Gasteiger charge is -2.26. The smallest absolute Gasteiger partial charge is 0.224 e. The summed E-state index contributed by atoms with van der Waals surface area (Å²) in [5.74, 6) is -0.516. The first kappa shape index (κ1) is 34.2. The molecule has 0 aliphatic rings. The van der Waals surface area contributed by atoms with Gasteiger partial charge in [0.15, 0.2) is 5.78 Å². The number of carbonyl (C=O) groups excluding carboxylic acids is 4. The van der Waals surface area contributed by atoms with E-state index in [0.717, 1.165) is 32.2 Å². The first-order valence-corrected chi connectivity index (χ1v) is 14.1. The average molecular weight is 510 g/mol. The average Bonchev–Trinajstić information content (AvgIpc) is 2.76. The van der Waals surface area contributed by atoms with Crippen LogP contribution in [0, 0.1) is 29.6 Å². The number of rotatable bonds is 20. The lowest BCUT2D eigenvalue weighted by molar-refractivity contribution is -0.135. The highest BCUT2D eigenvalue weighted by molar-refractivity contribution is 5.93. The first-order valence-electron chi connectivity index (χ1n) is 14.1. The second-order valence-corrected chi connectivity index (χ2v) is 11.7. The van der Waals surface area contributed by atoms with Crippen LogP contribution in [0.5, 0.6) is 0 Å². The summed E-state index contributed by atoms with van der Waals surface area (Å²) in [4.78, 5) is 50.6. The van der Waals surface area contributed by atoms with Crippen molar-refractivity contribution in [1.82, 2.24) is 16.0 Å². The van der Waals surface area contributed by atoms with E-state index in [2.05, 4.69) is 43.6 Å². The Labute approximate surface area is 220 Å². The van der Waals surface area contributed by atoms with Gasteiger partial charge >= 0.3 is 0 Å². The number of hydrogen-bond acceptors (Lipinski definition) is 5. The minimum absolute atomic E-state index is 0.0157. The Balaban J connectivity index is 5.25. The molecule has 0 bridgehead atoms. The Morgan fingerprint density at radius 1 is 0.778 bits per heavy atom. The Hall–Kier alpha value is -1.76. The predicted molar refractivity (Wildman–Crippen MR) is 148 cm³/mol. The monoisotopic (exact) mass is 509 g/mol. The van der Waals surface area contributed by atoms with Crippen molar-refractivity contribution in [3.05, 3.63) is 0 Å². The van der Waals surface area contributed by atoms with E-state index >= 15 is 0 Å². The fraction of sp³-hybridized carbons (Fsp3) is 0.862. The number of Topliss-reactive ketones (excluding diaryl/α,β-unsaturated/α-hetero) is 2. The van der Waals surface area contributed by atoms with E-state index in [4.69, 9.17) is 0 Å². The van der Waals surface area contributed by atoms with Gasteiger partial charge in [-0.25, -0.2) is 0 Å². The number of carbonyl (C=O) groups is 4. The molecule has 0 heterocycles. The van der Waals surface area contributed by atoms with Crippen LogP contribution in [-0.2, 0) is 19.2 Å². The molecule has 36 heavy (non-hydrogen) atoms. The Bertz CT molecular complexity index is 673. The molecule has 0 spiro atoms. The van der Waals surface area contributed by atoms with Gasteiger partial charge in [0.1, 0.15) is 5.78 Å². The lowest BCUT2D eigenvalue weighted by Crippen LogP contribution is -2.47. The van der Waals surface area contributed by atoms with Gasteiger partial charge < -0.3 is 16.0 Å². The molecule has 2 amide bonds. The number of amides is 2. The number of nitrogens with one attached hydrogen (secondary N) is 3. The molecule has 0 saturated carbocycles. The van der Waals surface area contributed by atoms with Gasteiger partial charge in [-0.1, -0.05) is 61.8 Å². The van der Waals surface area contributed by atoms with Gasteiger partial charge in [-0.3, -0.25) is 19.2 Å². The second kappa shape index (κ2) is 18.5. The fourth-order valence-corrected chi connectivity index (χ4v) is 4.44. The summed E-state index contributed by atoms with van der Waals surface area (Å²) in [6.07, 6.45) is 4.96. The third-order valence-electron chi connectivity index (χ3n) is 6.58. The molecule has 0 aromatic heterocycles. The van der Waals surface area contributed by atoms with Crippen LogP contribution in [0.2, 0.25) is 0 Å². The zero-order chi connectivity index (χ0) is 27.8. The highest BCUT2D eigenvalue weighted by atomic mass is 16.2. The standard InChI is InChI=1S/C29H55N3O4/c1-19(2)17-24(13-10-11-15-30-22(7)8)27(34)18-25(20(3)4)29(36)32-26(28(35)21(5)6)14-12-16-31-23(9)33/h19-22,24-26,30H,10-18H2,1-9H3,(H,31,33)(H,32,36)/t24?,25-,26-/m0/s1. The maximum absolute atomic E-state index is 13.4. The summed E-state index contributed by atoms with van der Waals surface area (Å²) in [6, 6.07) is -0.150. The zero-order valence-corrected chi connectivity index (χ0v) is 24.5. The molecule has 0 rings (SSSR count). The molecule has 0 aromatic rings. The van der Waals surface area contributed by atoms with Crippen LogP contribution in [0.3, 0.4) is 0 Å². The molecule has 0 fully saturated rings. The second-order valence-electron chi connectivity index (χ2n) is 11.7. The molecular weight excluding hydrogens is 454 g/mol. The quantitative estimate of drug-likeness (QED) is 0.207. The summed E-state index contributed by atoms with van der Waals surface area (Å²) in [6.45, 7) is 19.0. The Kier molecular flexibility index (Phi) is 17.6. The van der Waals surface area contributed by atoms with Crippen LogP contribution in [-0.4, -0.2) is 48.6 Å². The van der Waals surface area contributed by atoms with Crippen molar-refractivity contribution >= 4 is 23.4 Å². The highest BCUT2D eigenvalue weighted by Gasteiger charge is 2.32. The number of hydrogen-bond donors (Lipinski definition) is 3.